The van der Waals surface area contributed by atoms with Gasteiger partial charge in [-0.1, -0.05) is 20.3 Å². The number of aromatic nitrogens is 2. The monoisotopic (exact) mass is 360 g/mol. The van der Waals surface area contributed by atoms with Crippen molar-refractivity contribution in [1.82, 2.24) is 9.55 Å². The first-order valence-corrected chi connectivity index (χ1v) is 8.10. The van der Waals surface area contributed by atoms with Crippen molar-refractivity contribution in [2.75, 3.05) is 0 Å². The van der Waals surface area contributed by atoms with Crippen LogP contribution in [0.3, 0.4) is 0 Å². The van der Waals surface area contributed by atoms with Crippen molar-refractivity contribution >= 4 is 38.6 Å². The molecule has 20 heavy (non-hydrogen) atoms. The molecule has 0 saturated heterocycles. The van der Waals surface area contributed by atoms with Crippen molar-refractivity contribution in [3.63, 3.8) is 0 Å². The lowest BCUT2D eigenvalue weighted by molar-refractivity contribution is 0.368. The lowest BCUT2D eigenvalue weighted by atomic mass is 10.0. The van der Waals surface area contributed by atoms with Crippen molar-refractivity contribution in [1.29, 1.82) is 0 Å². The Morgan fingerprint density at radius 2 is 2.00 bits per heavy atom. The molecule has 3 unspecified atom stereocenters. The number of imidazole rings is 1. The van der Waals surface area contributed by atoms with Gasteiger partial charge in [0.15, 0.2) is 0 Å². The first kappa shape index (κ1) is 15.8. The summed E-state index contributed by atoms with van der Waals surface area (Å²) in [7, 11) is 0. The number of fused-ring (bicyclic) bond motifs is 1. The van der Waals surface area contributed by atoms with Crippen LogP contribution >= 0.6 is 27.5 Å². The minimum absolute atomic E-state index is 0.212. The molecule has 0 radical (unpaired) electrons. The van der Waals surface area contributed by atoms with Gasteiger partial charge in [-0.05, 0) is 41.8 Å². The van der Waals surface area contributed by atoms with Gasteiger partial charge in [-0.25, -0.2) is 9.37 Å². The number of hydrogen-bond donors (Lipinski definition) is 0. The van der Waals surface area contributed by atoms with Crippen LogP contribution in [0.2, 0.25) is 0 Å². The first-order chi connectivity index (χ1) is 9.36. The zero-order valence-corrected chi connectivity index (χ0v) is 14.5. The van der Waals surface area contributed by atoms with Gasteiger partial charge in [0.05, 0.1) is 20.9 Å². The Kier molecular flexibility index (Phi) is 4.75. The summed E-state index contributed by atoms with van der Waals surface area (Å²) >= 11 is 9.51. The van der Waals surface area contributed by atoms with E-state index in [1.54, 1.807) is 6.07 Å². The third-order valence-corrected chi connectivity index (χ3v) is 4.79. The van der Waals surface area contributed by atoms with Crippen LogP contribution in [0.5, 0.6) is 0 Å². The van der Waals surface area contributed by atoms with Crippen LogP contribution in [0.1, 0.15) is 51.4 Å². The molecule has 0 aliphatic heterocycles. The maximum absolute atomic E-state index is 13.7. The van der Waals surface area contributed by atoms with Crippen molar-refractivity contribution in [3.8, 4) is 0 Å². The number of benzene rings is 1. The highest BCUT2D eigenvalue weighted by Crippen LogP contribution is 2.33. The van der Waals surface area contributed by atoms with Crippen LogP contribution in [0.4, 0.5) is 4.39 Å². The van der Waals surface area contributed by atoms with Crippen molar-refractivity contribution in [3.05, 3.63) is 28.2 Å². The third kappa shape index (κ3) is 2.73. The number of hydrogen-bond acceptors (Lipinski definition) is 1. The molecule has 1 aromatic heterocycles. The third-order valence-electron chi connectivity index (χ3n) is 3.99. The maximum atomic E-state index is 13.7. The highest BCUT2D eigenvalue weighted by molar-refractivity contribution is 9.10. The summed E-state index contributed by atoms with van der Waals surface area (Å²) in [5.41, 5.74) is 1.58. The van der Waals surface area contributed by atoms with Crippen LogP contribution < -0.4 is 0 Å². The van der Waals surface area contributed by atoms with Gasteiger partial charge in [0.1, 0.15) is 11.6 Å². The number of nitrogens with zero attached hydrogens (tertiary/aromatic N) is 2. The van der Waals surface area contributed by atoms with Gasteiger partial charge < -0.3 is 4.57 Å². The van der Waals surface area contributed by atoms with Gasteiger partial charge >= 0.3 is 0 Å². The Labute approximate surface area is 132 Å². The van der Waals surface area contributed by atoms with E-state index in [-0.39, 0.29) is 17.2 Å². The maximum Gasteiger partial charge on any atom is 0.139 e. The summed E-state index contributed by atoms with van der Waals surface area (Å²) in [5.74, 6) is 0.990. The highest BCUT2D eigenvalue weighted by Gasteiger charge is 2.23. The Bertz CT molecular complexity index is 624. The van der Waals surface area contributed by atoms with Gasteiger partial charge in [-0.15, -0.1) is 11.6 Å². The molecule has 0 amide bonds. The molecule has 0 bridgehead atoms. The Hall–Kier alpha value is -0.610. The predicted molar refractivity (Wildman–Crippen MR) is 85.8 cm³/mol. The minimum Gasteiger partial charge on any atom is -0.324 e. The van der Waals surface area contributed by atoms with Crippen LogP contribution in [-0.2, 0) is 0 Å². The second kappa shape index (κ2) is 6.02. The summed E-state index contributed by atoms with van der Waals surface area (Å²) in [6.07, 6.45) is 1.07. The van der Waals surface area contributed by atoms with Gasteiger partial charge in [0.25, 0.3) is 0 Å². The van der Waals surface area contributed by atoms with E-state index in [0.29, 0.717) is 15.9 Å². The predicted octanol–water partition coefficient (Wildman–Crippen LogP) is 5.84. The SMILES string of the molecule is CCC(C)C(C)n1c(C(C)Cl)nc2cc(F)c(Br)cc21. The molecule has 0 aliphatic carbocycles. The van der Waals surface area contributed by atoms with Crippen LogP contribution in [0.15, 0.2) is 16.6 Å². The second-order valence-corrected chi connectivity index (χ2v) is 6.85. The van der Waals surface area contributed by atoms with E-state index in [0.717, 1.165) is 17.8 Å². The zero-order valence-electron chi connectivity index (χ0n) is 12.1. The van der Waals surface area contributed by atoms with Crippen molar-refractivity contribution in [2.24, 2.45) is 5.92 Å². The van der Waals surface area contributed by atoms with E-state index in [1.807, 2.05) is 6.92 Å². The smallest absolute Gasteiger partial charge is 0.139 e. The van der Waals surface area contributed by atoms with E-state index >= 15 is 0 Å². The zero-order chi connectivity index (χ0) is 15.0. The van der Waals surface area contributed by atoms with Crippen molar-refractivity contribution < 1.29 is 4.39 Å². The minimum atomic E-state index is -0.299. The average molecular weight is 362 g/mol. The van der Waals surface area contributed by atoms with Gasteiger partial charge in [-0.3, -0.25) is 0 Å². The fourth-order valence-corrected chi connectivity index (χ4v) is 2.90. The summed E-state index contributed by atoms with van der Waals surface area (Å²) in [6.45, 7) is 8.43. The Morgan fingerprint density at radius 1 is 1.35 bits per heavy atom. The number of halogens is 3. The molecule has 2 nitrogen and oxygen atoms in total. The fraction of sp³-hybridized carbons (Fsp3) is 0.533. The lowest BCUT2D eigenvalue weighted by Crippen LogP contribution is -2.16. The highest BCUT2D eigenvalue weighted by atomic mass is 79.9. The van der Waals surface area contributed by atoms with Crippen LogP contribution in [0.25, 0.3) is 11.0 Å². The van der Waals surface area contributed by atoms with Gasteiger partial charge in [0.2, 0.25) is 0 Å². The van der Waals surface area contributed by atoms with E-state index in [4.69, 9.17) is 11.6 Å². The van der Waals surface area contributed by atoms with Crippen LogP contribution in [0, 0.1) is 11.7 Å². The summed E-state index contributed by atoms with van der Waals surface area (Å²) in [5, 5.41) is -0.212. The average Bonchev–Trinajstić information content (AvgIpc) is 2.76. The largest absolute Gasteiger partial charge is 0.324 e. The van der Waals surface area contributed by atoms with E-state index in [9.17, 15) is 4.39 Å². The standard InChI is InChI=1S/C15H19BrClFN2/c1-5-8(2)10(4)20-14-6-11(16)12(18)7-13(14)19-15(20)9(3)17/h6-10H,5H2,1-4H3. The molecule has 2 aromatic rings. The molecule has 0 fully saturated rings. The molecule has 3 atom stereocenters. The molecule has 0 N–H and O–H groups in total. The number of rotatable bonds is 4. The van der Waals surface area contributed by atoms with Crippen LogP contribution in [-0.4, -0.2) is 9.55 Å². The molecule has 0 spiro atoms. The molecule has 110 valence electrons. The number of alkyl halides is 1. The van der Waals surface area contributed by atoms with Gasteiger partial charge in [-0.2, -0.15) is 0 Å². The topological polar surface area (TPSA) is 17.8 Å². The van der Waals surface area contributed by atoms with E-state index < -0.39 is 0 Å². The Morgan fingerprint density at radius 3 is 2.55 bits per heavy atom. The molecule has 5 heteroatoms. The molecule has 0 saturated carbocycles. The molecule has 0 aliphatic rings. The molecule has 1 aromatic carbocycles. The van der Waals surface area contributed by atoms with Gasteiger partial charge in [0, 0.05) is 12.1 Å². The quantitative estimate of drug-likeness (QED) is 0.625. The normalized spacial score (nSPS) is 16.4. The molecule has 1 heterocycles. The van der Waals surface area contributed by atoms with E-state index in [1.165, 1.54) is 6.07 Å². The first-order valence-electron chi connectivity index (χ1n) is 6.87. The second-order valence-electron chi connectivity index (χ2n) is 5.34. The lowest BCUT2D eigenvalue weighted by Gasteiger charge is -2.24. The van der Waals surface area contributed by atoms with E-state index in [2.05, 4.69) is 46.3 Å². The molecular formula is C15H19BrClFN2. The molecule has 2 rings (SSSR count). The summed E-state index contributed by atoms with van der Waals surface area (Å²) < 4.78 is 16.3. The fourth-order valence-electron chi connectivity index (χ4n) is 2.41. The summed E-state index contributed by atoms with van der Waals surface area (Å²) in [4.78, 5) is 4.52. The van der Waals surface area contributed by atoms with Crippen molar-refractivity contribution in [2.45, 2.75) is 45.5 Å². The Balaban J connectivity index is 2.71. The molecular weight excluding hydrogens is 343 g/mol. The summed E-state index contributed by atoms with van der Waals surface area (Å²) in [6, 6.07) is 3.51.